The summed E-state index contributed by atoms with van der Waals surface area (Å²) in [6.45, 7) is 13.0. The van der Waals surface area contributed by atoms with Crippen LogP contribution in [0.1, 0.15) is 20.8 Å². The molecule has 0 unspecified atom stereocenters. The van der Waals surface area contributed by atoms with Gasteiger partial charge in [0.25, 0.3) is 0 Å². The highest BCUT2D eigenvalue weighted by molar-refractivity contribution is 5.92. The average molecular weight is 180 g/mol. The SMILES string of the molecule is C=C/C=C(\C(=C)C(C)(C)C)C(=O)O. The predicted molar refractivity (Wildman–Crippen MR) is 54.5 cm³/mol. The van der Waals surface area contributed by atoms with E-state index in [1.165, 1.54) is 12.2 Å². The van der Waals surface area contributed by atoms with Crippen molar-refractivity contribution in [2.24, 2.45) is 5.41 Å². The molecular weight excluding hydrogens is 164 g/mol. The molecule has 0 amide bonds. The summed E-state index contributed by atoms with van der Waals surface area (Å²) in [6, 6.07) is 0. The molecule has 1 N–H and O–H groups in total. The van der Waals surface area contributed by atoms with E-state index in [2.05, 4.69) is 13.2 Å². The van der Waals surface area contributed by atoms with Crippen LogP contribution in [0.4, 0.5) is 0 Å². The van der Waals surface area contributed by atoms with Gasteiger partial charge in [0.2, 0.25) is 0 Å². The van der Waals surface area contributed by atoms with Gasteiger partial charge in [-0.3, -0.25) is 0 Å². The maximum atomic E-state index is 10.8. The van der Waals surface area contributed by atoms with Crippen LogP contribution in [0.2, 0.25) is 0 Å². The Morgan fingerprint density at radius 1 is 1.38 bits per heavy atom. The van der Waals surface area contributed by atoms with Crippen molar-refractivity contribution in [2.45, 2.75) is 20.8 Å². The molecule has 0 fully saturated rings. The Bertz CT molecular complexity index is 264. The zero-order valence-corrected chi connectivity index (χ0v) is 8.42. The summed E-state index contributed by atoms with van der Waals surface area (Å²) in [5.74, 6) is -0.958. The Labute approximate surface area is 79.3 Å². The molecule has 0 aliphatic carbocycles. The number of hydrogen-bond donors (Lipinski definition) is 1. The van der Waals surface area contributed by atoms with E-state index in [0.29, 0.717) is 5.57 Å². The Hall–Kier alpha value is -1.31. The van der Waals surface area contributed by atoms with Gasteiger partial charge in [-0.1, -0.05) is 40.0 Å². The Balaban J connectivity index is 5.01. The summed E-state index contributed by atoms with van der Waals surface area (Å²) < 4.78 is 0. The number of carboxylic acids is 1. The second-order valence-corrected chi connectivity index (χ2v) is 3.85. The highest BCUT2D eigenvalue weighted by Gasteiger charge is 2.22. The highest BCUT2D eigenvalue weighted by Crippen LogP contribution is 2.29. The van der Waals surface area contributed by atoms with E-state index in [0.717, 1.165) is 0 Å². The normalized spacial score (nSPS) is 12.4. The standard InChI is InChI=1S/C11H16O2/c1-6-7-9(10(12)13)8(2)11(3,4)5/h6-7H,1-2H2,3-5H3,(H,12,13)/b9-7+. The van der Waals surface area contributed by atoms with Gasteiger partial charge in [0.1, 0.15) is 0 Å². The lowest BCUT2D eigenvalue weighted by atomic mass is 9.83. The molecule has 0 aromatic heterocycles. The minimum absolute atomic E-state index is 0.225. The van der Waals surface area contributed by atoms with Gasteiger partial charge >= 0.3 is 5.97 Å². The van der Waals surface area contributed by atoms with Crippen molar-refractivity contribution in [3.63, 3.8) is 0 Å². The summed E-state index contributed by atoms with van der Waals surface area (Å²) >= 11 is 0. The molecule has 0 aliphatic rings. The maximum absolute atomic E-state index is 10.8. The Morgan fingerprint density at radius 2 is 1.85 bits per heavy atom. The quantitative estimate of drug-likeness (QED) is 0.535. The minimum Gasteiger partial charge on any atom is -0.478 e. The van der Waals surface area contributed by atoms with Crippen LogP contribution in [0, 0.1) is 5.41 Å². The van der Waals surface area contributed by atoms with Crippen LogP contribution in [0.3, 0.4) is 0 Å². The van der Waals surface area contributed by atoms with Gasteiger partial charge in [-0.15, -0.1) is 0 Å². The smallest absolute Gasteiger partial charge is 0.335 e. The number of aliphatic carboxylic acids is 1. The van der Waals surface area contributed by atoms with Crippen molar-refractivity contribution < 1.29 is 9.90 Å². The Kier molecular flexibility index (Phi) is 3.67. The molecule has 0 saturated heterocycles. The maximum Gasteiger partial charge on any atom is 0.335 e. The van der Waals surface area contributed by atoms with E-state index in [-0.39, 0.29) is 11.0 Å². The molecule has 0 heterocycles. The van der Waals surface area contributed by atoms with E-state index >= 15 is 0 Å². The van der Waals surface area contributed by atoms with Crippen molar-refractivity contribution in [1.29, 1.82) is 0 Å². The molecule has 0 aromatic carbocycles. The summed E-state index contributed by atoms with van der Waals surface area (Å²) in [6.07, 6.45) is 2.93. The molecular formula is C11H16O2. The number of rotatable bonds is 3. The lowest BCUT2D eigenvalue weighted by molar-refractivity contribution is -0.132. The van der Waals surface area contributed by atoms with Gasteiger partial charge in [-0.2, -0.15) is 0 Å². The first-order valence-electron chi connectivity index (χ1n) is 4.06. The lowest BCUT2D eigenvalue weighted by Crippen LogP contribution is -2.15. The fourth-order valence-corrected chi connectivity index (χ4v) is 0.823. The second-order valence-electron chi connectivity index (χ2n) is 3.85. The zero-order chi connectivity index (χ0) is 10.6. The lowest BCUT2D eigenvalue weighted by Gasteiger charge is -2.21. The molecule has 13 heavy (non-hydrogen) atoms. The second kappa shape index (κ2) is 4.08. The first-order chi connectivity index (χ1) is 5.80. The van der Waals surface area contributed by atoms with E-state index in [1.807, 2.05) is 20.8 Å². The van der Waals surface area contributed by atoms with Crippen LogP contribution in [0.25, 0.3) is 0 Å². The summed E-state index contributed by atoms with van der Waals surface area (Å²) in [5.41, 5.74) is 0.607. The third kappa shape index (κ3) is 3.28. The largest absolute Gasteiger partial charge is 0.478 e. The van der Waals surface area contributed by atoms with Crippen molar-refractivity contribution in [3.8, 4) is 0 Å². The van der Waals surface area contributed by atoms with Crippen LogP contribution in [0.15, 0.2) is 36.5 Å². The summed E-state index contributed by atoms with van der Waals surface area (Å²) in [4.78, 5) is 10.8. The van der Waals surface area contributed by atoms with Crippen LogP contribution < -0.4 is 0 Å². The summed E-state index contributed by atoms with van der Waals surface area (Å²) in [7, 11) is 0. The number of allylic oxidation sites excluding steroid dienone is 2. The van der Waals surface area contributed by atoms with E-state index in [4.69, 9.17) is 5.11 Å². The van der Waals surface area contributed by atoms with Crippen molar-refractivity contribution in [3.05, 3.63) is 36.5 Å². The number of hydrogen-bond acceptors (Lipinski definition) is 1. The van der Waals surface area contributed by atoms with E-state index in [1.54, 1.807) is 0 Å². The van der Waals surface area contributed by atoms with Gasteiger partial charge in [0, 0.05) is 0 Å². The van der Waals surface area contributed by atoms with Crippen LogP contribution in [-0.2, 0) is 4.79 Å². The molecule has 2 heteroatoms. The van der Waals surface area contributed by atoms with Crippen LogP contribution in [-0.4, -0.2) is 11.1 Å². The van der Waals surface area contributed by atoms with Crippen molar-refractivity contribution >= 4 is 5.97 Å². The van der Waals surface area contributed by atoms with Crippen molar-refractivity contribution in [1.82, 2.24) is 0 Å². The fraction of sp³-hybridized carbons (Fsp3) is 0.364. The molecule has 0 bridgehead atoms. The van der Waals surface area contributed by atoms with E-state index in [9.17, 15) is 4.79 Å². The monoisotopic (exact) mass is 180 g/mol. The van der Waals surface area contributed by atoms with Gasteiger partial charge in [-0.25, -0.2) is 4.79 Å². The zero-order valence-electron chi connectivity index (χ0n) is 8.42. The van der Waals surface area contributed by atoms with Gasteiger partial charge < -0.3 is 5.11 Å². The fourth-order valence-electron chi connectivity index (χ4n) is 0.823. The van der Waals surface area contributed by atoms with Crippen LogP contribution in [0.5, 0.6) is 0 Å². The van der Waals surface area contributed by atoms with Gasteiger partial charge in [-0.05, 0) is 17.1 Å². The molecule has 0 aliphatic heterocycles. The molecule has 0 saturated carbocycles. The Morgan fingerprint density at radius 3 is 2.08 bits per heavy atom. The third-order valence-electron chi connectivity index (χ3n) is 1.75. The molecule has 2 nitrogen and oxygen atoms in total. The van der Waals surface area contributed by atoms with Crippen LogP contribution >= 0.6 is 0 Å². The van der Waals surface area contributed by atoms with Crippen molar-refractivity contribution in [2.75, 3.05) is 0 Å². The van der Waals surface area contributed by atoms with Gasteiger partial charge in [0.05, 0.1) is 5.57 Å². The first-order valence-corrected chi connectivity index (χ1v) is 4.06. The number of carboxylic acid groups (broad SMARTS) is 1. The summed E-state index contributed by atoms with van der Waals surface area (Å²) in [5, 5.41) is 8.86. The average Bonchev–Trinajstić information content (AvgIpc) is 1.96. The number of carbonyl (C=O) groups is 1. The molecule has 0 radical (unpaired) electrons. The van der Waals surface area contributed by atoms with E-state index < -0.39 is 5.97 Å². The van der Waals surface area contributed by atoms with Gasteiger partial charge in [0.15, 0.2) is 0 Å². The molecule has 0 rings (SSSR count). The third-order valence-corrected chi connectivity index (χ3v) is 1.75. The topological polar surface area (TPSA) is 37.3 Å². The molecule has 0 atom stereocenters. The first kappa shape index (κ1) is 11.7. The predicted octanol–water partition coefficient (Wildman–Crippen LogP) is 2.79. The minimum atomic E-state index is -0.958. The molecule has 0 aromatic rings. The molecule has 0 spiro atoms. The molecule has 72 valence electrons. The highest BCUT2D eigenvalue weighted by atomic mass is 16.4.